The van der Waals surface area contributed by atoms with Crippen molar-refractivity contribution < 1.29 is 18.8 Å². The third kappa shape index (κ3) is 4.26. The van der Waals surface area contributed by atoms with Crippen molar-refractivity contribution in [1.29, 1.82) is 0 Å². The van der Waals surface area contributed by atoms with E-state index in [0.29, 0.717) is 43.8 Å². The Kier molecular flexibility index (Phi) is 5.24. The van der Waals surface area contributed by atoms with Gasteiger partial charge in [-0.2, -0.15) is 0 Å². The van der Waals surface area contributed by atoms with Gasteiger partial charge in [0.15, 0.2) is 5.60 Å². The predicted octanol–water partition coefficient (Wildman–Crippen LogP) is 2.29. The van der Waals surface area contributed by atoms with Gasteiger partial charge in [-0.1, -0.05) is 11.2 Å². The number of halogens is 1. The molecule has 0 aliphatic carbocycles. The lowest BCUT2D eigenvalue weighted by Gasteiger charge is -2.38. The van der Waals surface area contributed by atoms with E-state index >= 15 is 0 Å². The van der Waals surface area contributed by atoms with Crippen LogP contribution in [0.1, 0.15) is 35.2 Å². The lowest BCUT2D eigenvalue weighted by atomic mass is 9.87. The van der Waals surface area contributed by atoms with Crippen LogP contribution in [0.4, 0.5) is 4.39 Å². The minimum atomic E-state index is -0.704. The fourth-order valence-electron chi connectivity index (χ4n) is 3.72. The number of rotatable bonds is 4. The van der Waals surface area contributed by atoms with Gasteiger partial charge in [0, 0.05) is 37.5 Å². The van der Waals surface area contributed by atoms with Crippen LogP contribution in [0, 0.1) is 5.82 Å². The summed E-state index contributed by atoms with van der Waals surface area (Å²) in [5, 5.41) is 6.83. The first-order valence-corrected chi connectivity index (χ1v) is 9.52. The van der Waals surface area contributed by atoms with Gasteiger partial charge in [-0.15, -0.1) is 0 Å². The Balaban J connectivity index is 1.37. The molecule has 2 aliphatic rings. The molecule has 2 aliphatic heterocycles. The van der Waals surface area contributed by atoms with Crippen molar-refractivity contribution in [2.45, 2.75) is 31.4 Å². The normalized spacial score (nSPS) is 20.9. The molecule has 1 atom stereocenters. The minimum Gasteiger partial charge on any atom is -0.386 e. The average Bonchev–Trinajstić information content (AvgIpc) is 3.15. The summed E-state index contributed by atoms with van der Waals surface area (Å²) in [6.07, 6.45) is 5.09. The molecule has 4 rings (SSSR count). The highest BCUT2D eigenvalue weighted by Gasteiger charge is 2.45. The molecule has 1 spiro atoms. The summed E-state index contributed by atoms with van der Waals surface area (Å²) in [5.41, 5.74) is 0.854. The molecule has 8 heteroatoms. The third-order valence-corrected chi connectivity index (χ3v) is 5.20. The standard InChI is InChI=1S/C21H21FN4O3/c22-17-4-1-3-16(11-17)20(28)26-10-2-7-21(14-26)12-18(25-29-21)19(27)24-13-15-5-8-23-9-6-15/h1,3-6,8-9,11H,2,7,10,12-14H2,(H,24,27). The van der Waals surface area contributed by atoms with Crippen LogP contribution in [0.15, 0.2) is 53.9 Å². The maximum atomic E-state index is 13.5. The maximum Gasteiger partial charge on any atom is 0.269 e. The summed E-state index contributed by atoms with van der Waals surface area (Å²) in [6.45, 7) is 1.24. The average molecular weight is 396 g/mol. The molecule has 1 saturated heterocycles. The molecular formula is C21H21FN4O3. The molecule has 1 unspecified atom stereocenters. The second-order valence-corrected chi connectivity index (χ2v) is 7.37. The second-order valence-electron chi connectivity index (χ2n) is 7.37. The molecule has 1 aromatic heterocycles. The molecule has 0 saturated carbocycles. The van der Waals surface area contributed by atoms with Gasteiger partial charge in [-0.05, 0) is 48.7 Å². The lowest BCUT2D eigenvalue weighted by Crippen LogP contribution is -2.51. The summed E-state index contributed by atoms with van der Waals surface area (Å²) in [4.78, 5) is 36.5. The van der Waals surface area contributed by atoms with Gasteiger partial charge in [0.05, 0.1) is 6.54 Å². The lowest BCUT2D eigenvalue weighted by molar-refractivity contribution is -0.115. The third-order valence-electron chi connectivity index (χ3n) is 5.20. The predicted molar refractivity (Wildman–Crippen MR) is 103 cm³/mol. The van der Waals surface area contributed by atoms with E-state index in [2.05, 4.69) is 15.5 Å². The highest BCUT2D eigenvalue weighted by atomic mass is 19.1. The molecule has 0 bridgehead atoms. The SMILES string of the molecule is O=C(NCc1ccncc1)C1=NOC2(CCCN(C(=O)c3cccc(F)c3)C2)C1. The summed E-state index contributed by atoms with van der Waals surface area (Å²) < 4.78 is 13.5. The number of oxime groups is 1. The highest BCUT2D eigenvalue weighted by Crippen LogP contribution is 2.34. The number of amides is 2. The number of nitrogens with zero attached hydrogens (tertiary/aromatic N) is 3. The highest BCUT2D eigenvalue weighted by molar-refractivity contribution is 6.39. The topological polar surface area (TPSA) is 83.9 Å². The van der Waals surface area contributed by atoms with E-state index in [1.807, 2.05) is 12.1 Å². The Labute approximate surface area is 167 Å². The van der Waals surface area contributed by atoms with Crippen molar-refractivity contribution >= 4 is 17.5 Å². The van der Waals surface area contributed by atoms with Crippen molar-refractivity contribution in [2.75, 3.05) is 13.1 Å². The summed E-state index contributed by atoms with van der Waals surface area (Å²) in [6, 6.07) is 9.30. The molecule has 2 amide bonds. The van der Waals surface area contributed by atoms with Gasteiger partial charge in [0.2, 0.25) is 0 Å². The van der Waals surface area contributed by atoms with Crippen LogP contribution in [0.2, 0.25) is 0 Å². The molecule has 1 fully saturated rings. The van der Waals surface area contributed by atoms with Gasteiger partial charge < -0.3 is 15.1 Å². The van der Waals surface area contributed by atoms with E-state index in [1.165, 1.54) is 18.2 Å². The van der Waals surface area contributed by atoms with E-state index in [-0.39, 0.29) is 11.8 Å². The number of carbonyl (C=O) groups excluding carboxylic acids is 2. The van der Waals surface area contributed by atoms with Crippen LogP contribution < -0.4 is 5.32 Å². The summed E-state index contributed by atoms with van der Waals surface area (Å²) in [5.74, 6) is -0.980. The number of benzene rings is 1. The van der Waals surface area contributed by atoms with Crippen molar-refractivity contribution in [3.63, 3.8) is 0 Å². The van der Waals surface area contributed by atoms with Gasteiger partial charge >= 0.3 is 0 Å². The fourth-order valence-corrected chi connectivity index (χ4v) is 3.72. The zero-order chi connectivity index (χ0) is 20.3. The number of carbonyl (C=O) groups is 2. The Morgan fingerprint density at radius 2 is 2.07 bits per heavy atom. The molecule has 2 aromatic rings. The minimum absolute atomic E-state index is 0.247. The van der Waals surface area contributed by atoms with Crippen molar-refractivity contribution in [2.24, 2.45) is 5.16 Å². The number of hydrogen-bond donors (Lipinski definition) is 1. The first kappa shape index (κ1) is 19.0. The van der Waals surface area contributed by atoms with Crippen molar-refractivity contribution in [1.82, 2.24) is 15.2 Å². The Hall–Kier alpha value is -3.29. The fraction of sp³-hybridized carbons (Fsp3) is 0.333. The Morgan fingerprint density at radius 3 is 2.86 bits per heavy atom. The molecular weight excluding hydrogens is 375 g/mol. The zero-order valence-corrected chi connectivity index (χ0v) is 15.8. The number of pyridine rings is 1. The van der Waals surface area contributed by atoms with E-state index < -0.39 is 11.4 Å². The van der Waals surface area contributed by atoms with E-state index in [9.17, 15) is 14.0 Å². The van der Waals surface area contributed by atoms with Crippen LogP contribution in [-0.4, -0.2) is 46.1 Å². The molecule has 3 heterocycles. The zero-order valence-electron chi connectivity index (χ0n) is 15.8. The van der Waals surface area contributed by atoms with Crippen LogP contribution in [0.5, 0.6) is 0 Å². The monoisotopic (exact) mass is 396 g/mol. The first-order chi connectivity index (χ1) is 14.0. The number of aromatic nitrogens is 1. The second kappa shape index (κ2) is 7.98. The van der Waals surface area contributed by atoms with Gasteiger partial charge in [0.1, 0.15) is 11.5 Å². The Morgan fingerprint density at radius 1 is 1.24 bits per heavy atom. The van der Waals surface area contributed by atoms with Crippen LogP contribution in [-0.2, 0) is 16.2 Å². The molecule has 7 nitrogen and oxygen atoms in total. The number of likely N-dealkylation sites (tertiary alicyclic amines) is 1. The Bertz CT molecular complexity index is 950. The number of hydrogen-bond acceptors (Lipinski definition) is 5. The van der Waals surface area contributed by atoms with Crippen LogP contribution >= 0.6 is 0 Å². The van der Waals surface area contributed by atoms with Gasteiger partial charge in [-0.3, -0.25) is 14.6 Å². The molecule has 29 heavy (non-hydrogen) atoms. The maximum absolute atomic E-state index is 13.5. The summed E-state index contributed by atoms with van der Waals surface area (Å²) in [7, 11) is 0. The van der Waals surface area contributed by atoms with Crippen molar-refractivity contribution in [3.8, 4) is 0 Å². The van der Waals surface area contributed by atoms with E-state index in [0.717, 1.165) is 12.0 Å². The van der Waals surface area contributed by atoms with E-state index in [4.69, 9.17) is 4.84 Å². The van der Waals surface area contributed by atoms with Crippen LogP contribution in [0.25, 0.3) is 0 Å². The first-order valence-electron chi connectivity index (χ1n) is 9.52. The molecule has 0 radical (unpaired) electrons. The molecule has 150 valence electrons. The summed E-state index contributed by atoms with van der Waals surface area (Å²) >= 11 is 0. The number of nitrogens with one attached hydrogen (secondary N) is 1. The molecule has 1 N–H and O–H groups in total. The molecule has 1 aromatic carbocycles. The number of piperidine rings is 1. The van der Waals surface area contributed by atoms with Crippen molar-refractivity contribution in [3.05, 3.63) is 65.7 Å². The van der Waals surface area contributed by atoms with Gasteiger partial charge in [-0.25, -0.2) is 4.39 Å². The largest absolute Gasteiger partial charge is 0.386 e. The van der Waals surface area contributed by atoms with Gasteiger partial charge in [0.25, 0.3) is 11.8 Å². The van der Waals surface area contributed by atoms with E-state index in [1.54, 1.807) is 23.4 Å². The quantitative estimate of drug-likeness (QED) is 0.860. The smallest absolute Gasteiger partial charge is 0.269 e. The van der Waals surface area contributed by atoms with Crippen LogP contribution in [0.3, 0.4) is 0 Å².